The molecule has 0 saturated heterocycles. The molecule has 0 aliphatic rings. The summed E-state index contributed by atoms with van der Waals surface area (Å²) < 4.78 is 0. The third-order valence-corrected chi connectivity index (χ3v) is 3.56. The van der Waals surface area contributed by atoms with E-state index >= 15 is 0 Å². The predicted molar refractivity (Wildman–Crippen MR) is 78.5 cm³/mol. The molecule has 0 aromatic rings. The van der Waals surface area contributed by atoms with Gasteiger partial charge in [-0.1, -0.05) is 32.8 Å². The molecule has 1 unspecified atom stereocenters. The van der Waals surface area contributed by atoms with Gasteiger partial charge >= 0.3 is 0 Å². The lowest BCUT2D eigenvalue weighted by atomic mass is 10.0. The molecule has 0 heterocycles. The molecule has 0 aromatic carbocycles. The van der Waals surface area contributed by atoms with E-state index in [-0.39, 0.29) is 0 Å². The zero-order valence-electron chi connectivity index (χ0n) is 12.2. The normalized spacial score (nSPS) is 12.9. The Bertz CT molecular complexity index is 164. The fraction of sp³-hybridized carbons (Fsp3) is 0.867. The van der Waals surface area contributed by atoms with Gasteiger partial charge in [-0.25, -0.2) is 0 Å². The number of hydrogen-bond acceptors (Lipinski definition) is 2. The highest BCUT2D eigenvalue weighted by Crippen LogP contribution is 2.09. The summed E-state index contributed by atoms with van der Waals surface area (Å²) in [5.41, 5.74) is 0. The van der Waals surface area contributed by atoms with E-state index in [1.165, 1.54) is 58.2 Å². The van der Waals surface area contributed by atoms with E-state index in [1.807, 2.05) is 6.08 Å². The summed E-state index contributed by atoms with van der Waals surface area (Å²) in [4.78, 5) is 2.50. The van der Waals surface area contributed by atoms with Crippen molar-refractivity contribution in [3.8, 4) is 0 Å². The molecule has 0 radical (unpaired) electrons. The Morgan fingerprint density at radius 3 is 2.35 bits per heavy atom. The van der Waals surface area contributed by atoms with Crippen molar-refractivity contribution in [3.05, 3.63) is 12.7 Å². The highest BCUT2D eigenvalue weighted by atomic mass is 15.1. The van der Waals surface area contributed by atoms with Crippen molar-refractivity contribution in [1.29, 1.82) is 0 Å². The molecule has 0 saturated carbocycles. The third kappa shape index (κ3) is 9.37. The van der Waals surface area contributed by atoms with Gasteiger partial charge in [-0.15, -0.1) is 6.58 Å². The van der Waals surface area contributed by atoms with Crippen molar-refractivity contribution in [1.82, 2.24) is 10.2 Å². The van der Waals surface area contributed by atoms with Crippen molar-refractivity contribution >= 4 is 0 Å². The maximum absolute atomic E-state index is 3.76. The molecule has 0 aliphatic carbocycles. The first-order chi connectivity index (χ1) is 8.28. The molecule has 0 fully saturated rings. The van der Waals surface area contributed by atoms with E-state index in [4.69, 9.17) is 0 Å². The molecule has 1 N–H and O–H groups in total. The van der Waals surface area contributed by atoms with Crippen LogP contribution < -0.4 is 5.32 Å². The lowest BCUT2D eigenvalue weighted by Crippen LogP contribution is -2.32. The Balaban J connectivity index is 3.57. The summed E-state index contributed by atoms with van der Waals surface area (Å²) in [6.07, 6.45) is 9.77. The van der Waals surface area contributed by atoms with Gasteiger partial charge in [0, 0.05) is 6.04 Å². The fourth-order valence-electron chi connectivity index (χ4n) is 2.17. The van der Waals surface area contributed by atoms with Crippen molar-refractivity contribution in [3.63, 3.8) is 0 Å². The van der Waals surface area contributed by atoms with Crippen LogP contribution in [0, 0.1) is 0 Å². The van der Waals surface area contributed by atoms with E-state index in [2.05, 4.69) is 37.7 Å². The molecule has 0 spiro atoms. The summed E-state index contributed by atoms with van der Waals surface area (Å²) in [6.45, 7) is 11.8. The summed E-state index contributed by atoms with van der Waals surface area (Å²) in [5.74, 6) is 0. The first-order valence-corrected chi connectivity index (χ1v) is 7.28. The molecule has 0 aromatic heterocycles. The van der Waals surface area contributed by atoms with Crippen molar-refractivity contribution < 1.29 is 0 Å². The Morgan fingerprint density at radius 1 is 1.12 bits per heavy atom. The zero-order valence-corrected chi connectivity index (χ0v) is 12.2. The molecular formula is C15H32N2. The van der Waals surface area contributed by atoms with Crippen LogP contribution in [0.25, 0.3) is 0 Å². The van der Waals surface area contributed by atoms with Crippen molar-refractivity contribution in [2.45, 2.75) is 58.4 Å². The van der Waals surface area contributed by atoms with Gasteiger partial charge in [-0.3, -0.25) is 0 Å². The Hall–Kier alpha value is -0.340. The van der Waals surface area contributed by atoms with E-state index in [1.54, 1.807) is 0 Å². The van der Waals surface area contributed by atoms with Crippen LogP contribution in [0.3, 0.4) is 0 Å². The number of rotatable bonds is 12. The van der Waals surface area contributed by atoms with Crippen LogP contribution in [-0.4, -0.2) is 37.6 Å². The highest BCUT2D eigenvalue weighted by molar-refractivity contribution is 4.69. The largest absolute Gasteiger partial charge is 0.317 e. The SMILES string of the molecule is C=CCCCCCC(CCN(CC)CC)NC. The molecule has 2 heteroatoms. The third-order valence-electron chi connectivity index (χ3n) is 3.56. The van der Waals surface area contributed by atoms with E-state index < -0.39 is 0 Å². The van der Waals surface area contributed by atoms with E-state index in [9.17, 15) is 0 Å². The number of allylic oxidation sites excluding steroid dienone is 1. The topological polar surface area (TPSA) is 15.3 Å². The average molecular weight is 240 g/mol. The van der Waals surface area contributed by atoms with Gasteiger partial charge in [0.15, 0.2) is 0 Å². The summed E-state index contributed by atoms with van der Waals surface area (Å²) in [6, 6.07) is 0.694. The summed E-state index contributed by atoms with van der Waals surface area (Å²) >= 11 is 0. The van der Waals surface area contributed by atoms with Crippen LogP contribution >= 0.6 is 0 Å². The fourth-order valence-corrected chi connectivity index (χ4v) is 2.17. The Morgan fingerprint density at radius 2 is 1.82 bits per heavy atom. The predicted octanol–water partition coefficient (Wildman–Crippen LogP) is 3.44. The Kier molecular flexibility index (Phi) is 11.9. The molecule has 1 atom stereocenters. The number of unbranched alkanes of at least 4 members (excludes halogenated alkanes) is 3. The van der Waals surface area contributed by atoms with Crippen LogP contribution in [0.1, 0.15) is 52.4 Å². The first-order valence-electron chi connectivity index (χ1n) is 7.28. The second kappa shape index (κ2) is 12.1. The average Bonchev–Trinajstić information content (AvgIpc) is 2.37. The van der Waals surface area contributed by atoms with Gasteiger partial charge in [-0.05, 0) is 52.4 Å². The minimum atomic E-state index is 0.694. The van der Waals surface area contributed by atoms with Gasteiger partial charge < -0.3 is 10.2 Å². The Labute approximate surface area is 108 Å². The molecular weight excluding hydrogens is 208 g/mol. The number of nitrogens with one attached hydrogen (secondary N) is 1. The standard InChI is InChI=1S/C15H32N2/c1-5-8-9-10-11-12-15(16-4)13-14-17(6-2)7-3/h5,15-16H,1,6-14H2,2-4H3. The minimum absolute atomic E-state index is 0.694. The number of hydrogen-bond donors (Lipinski definition) is 1. The first kappa shape index (κ1) is 16.7. The molecule has 0 aliphatic heterocycles. The molecule has 102 valence electrons. The van der Waals surface area contributed by atoms with Crippen molar-refractivity contribution in [2.24, 2.45) is 0 Å². The van der Waals surface area contributed by atoms with Crippen LogP contribution in [0.2, 0.25) is 0 Å². The zero-order chi connectivity index (χ0) is 12.9. The molecule has 0 bridgehead atoms. The smallest absolute Gasteiger partial charge is 0.00762 e. The lowest BCUT2D eigenvalue weighted by molar-refractivity contribution is 0.279. The van der Waals surface area contributed by atoms with Crippen LogP contribution in [0.15, 0.2) is 12.7 Å². The number of nitrogens with zero attached hydrogens (tertiary/aromatic N) is 1. The van der Waals surface area contributed by atoms with E-state index in [0.717, 1.165) is 0 Å². The monoisotopic (exact) mass is 240 g/mol. The van der Waals surface area contributed by atoms with Crippen LogP contribution in [0.5, 0.6) is 0 Å². The van der Waals surface area contributed by atoms with Gasteiger partial charge in [0.05, 0.1) is 0 Å². The molecule has 2 nitrogen and oxygen atoms in total. The molecule has 0 amide bonds. The second-order valence-corrected chi connectivity index (χ2v) is 4.73. The van der Waals surface area contributed by atoms with Crippen LogP contribution in [0.4, 0.5) is 0 Å². The van der Waals surface area contributed by atoms with Gasteiger partial charge in [0.25, 0.3) is 0 Å². The molecule has 0 rings (SSSR count). The van der Waals surface area contributed by atoms with Gasteiger partial charge in [0.2, 0.25) is 0 Å². The second-order valence-electron chi connectivity index (χ2n) is 4.73. The summed E-state index contributed by atoms with van der Waals surface area (Å²) in [5, 5.41) is 3.45. The van der Waals surface area contributed by atoms with Gasteiger partial charge in [-0.2, -0.15) is 0 Å². The quantitative estimate of drug-likeness (QED) is 0.415. The highest BCUT2D eigenvalue weighted by Gasteiger charge is 2.07. The van der Waals surface area contributed by atoms with Gasteiger partial charge in [0.1, 0.15) is 0 Å². The van der Waals surface area contributed by atoms with Crippen molar-refractivity contribution in [2.75, 3.05) is 26.7 Å². The van der Waals surface area contributed by atoms with Crippen LogP contribution in [-0.2, 0) is 0 Å². The minimum Gasteiger partial charge on any atom is -0.317 e. The van der Waals surface area contributed by atoms with E-state index in [0.29, 0.717) is 6.04 Å². The summed E-state index contributed by atoms with van der Waals surface area (Å²) in [7, 11) is 2.09. The maximum atomic E-state index is 3.76. The maximum Gasteiger partial charge on any atom is 0.00762 e. The molecule has 17 heavy (non-hydrogen) atoms. The lowest BCUT2D eigenvalue weighted by Gasteiger charge is -2.22.